The van der Waals surface area contributed by atoms with Gasteiger partial charge in [-0.2, -0.15) is 0 Å². The van der Waals surface area contributed by atoms with Gasteiger partial charge in [0.25, 0.3) is 0 Å². The van der Waals surface area contributed by atoms with Gasteiger partial charge in [-0.15, -0.1) is 0 Å². The molecule has 0 aliphatic carbocycles. The van der Waals surface area contributed by atoms with Gasteiger partial charge in [-0.25, -0.2) is 0 Å². The van der Waals surface area contributed by atoms with Crippen molar-refractivity contribution in [2.24, 2.45) is 0 Å². The second kappa shape index (κ2) is 6.99. The summed E-state index contributed by atoms with van der Waals surface area (Å²) in [6.45, 7) is 3.67. The minimum Gasteiger partial charge on any atom is -0.393 e. The van der Waals surface area contributed by atoms with Crippen LogP contribution in [0.5, 0.6) is 0 Å². The molecule has 0 aliphatic heterocycles. The molecule has 1 aromatic carbocycles. The minimum absolute atomic E-state index is 0.183. The summed E-state index contributed by atoms with van der Waals surface area (Å²) < 4.78 is 1.12. The standard InChI is InChI=1S/C12H18BrNO/c1-10(15)4-3-7-14-9-11-5-2-6-12(13)8-11/h2,5-6,8,10,14-15H,3-4,7,9H2,1H3. The lowest BCUT2D eigenvalue weighted by molar-refractivity contribution is 0.181. The third-order valence-corrected chi connectivity index (χ3v) is 2.69. The summed E-state index contributed by atoms with van der Waals surface area (Å²) in [7, 11) is 0. The molecule has 2 N–H and O–H groups in total. The van der Waals surface area contributed by atoms with Crippen molar-refractivity contribution in [2.75, 3.05) is 6.54 Å². The third-order valence-electron chi connectivity index (χ3n) is 2.19. The van der Waals surface area contributed by atoms with Gasteiger partial charge in [0.1, 0.15) is 0 Å². The molecule has 0 aromatic heterocycles. The van der Waals surface area contributed by atoms with Crippen molar-refractivity contribution >= 4 is 15.9 Å². The Bertz CT molecular complexity index is 289. The fourth-order valence-electron chi connectivity index (χ4n) is 1.40. The van der Waals surface area contributed by atoms with E-state index in [0.29, 0.717) is 0 Å². The number of nitrogens with one attached hydrogen (secondary N) is 1. The van der Waals surface area contributed by atoms with Gasteiger partial charge in [0.2, 0.25) is 0 Å². The summed E-state index contributed by atoms with van der Waals surface area (Å²) in [5.74, 6) is 0. The summed E-state index contributed by atoms with van der Waals surface area (Å²) >= 11 is 3.44. The molecule has 0 aliphatic rings. The molecule has 0 bridgehead atoms. The largest absolute Gasteiger partial charge is 0.393 e. The van der Waals surface area contributed by atoms with Crippen molar-refractivity contribution in [3.63, 3.8) is 0 Å². The quantitative estimate of drug-likeness (QED) is 0.780. The molecule has 1 rings (SSSR count). The molecule has 0 fully saturated rings. The number of aliphatic hydroxyl groups excluding tert-OH is 1. The van der Waals surface area contributed by atoms with Crippen LogP contribution in [0.15, 0.2) is 28.7 Å². The van der Waals surface area contributed by atoms with E-state index in [-0.39, 0.29) is 6.10 Å². The van der Waals surface area contributed by atoms with Gasteiger partial charge in [-0.3, -0.25) is 0 Å². The van der Waals surface area contributed by atoms with Crippen molar-refractivity contribution in [2.45, 2.75) is 32.4 Å². The van der Waals surface area contributed by atoms with Gasteiger partial charge in [0.05, 0.1) is 6.10 Å². The summed E-state index contributed by atoms with van der Waals surface area (Å²) in [6.07, 6.45) is 1.70. The first kappa shape index (κ1) is 12.7. The Kier molecular flexibility index (Phi) is 5.91. The lowest BCUT2D eigenvalue weighted by Crippen LogP contribution is -2.16. The predicted octanol–water partition coefficient (Wildman–Crippen LogP) is 2.70. The van der Waals surface area contributed by atoms with Crippen molar-refractivity contribution in [3.8, 4) is 0 Å². The van der Waals surface area contributed by atoms with Crippen LogP contribution in [0.3, 0.4) is 0 Å². The zero-order chi connectivity index (χ0) is 11.1. The maximum absolute atomic E-state index is 9.07. The topological polar surface area (TPSA) is 32.3 Å². The van der Waals surface area contributed by atoms with Gasteiger partial charge >= 0.3 is 0 Å². The van der Waals surface area contributed by atoms with E-state index in [1.807, 2.05) is 19.1 Å². The summed E-state index contributed by atoms with van der Waals surface area (Å²) in [4.78, 5) is 0. The fourth-order valence-corrected chi connectivity index (χ4v) is 1.85. The third kappa shape index (κ3) is 5.92. The maximum Gasteiger partial charge on any atom is 0.0512 e. The van der Waals surface area contributed by atoms with Crippen LogP contribution in [0.25, 0.3) is 0 Å². The fraction of sp³-hybridized carbons (Fsp3) is 0.500. The highest BCUT2D eigenvalue weighted by atomic mass is 79.9. The first-order valence-corrected chi connectivity index (χ1v) is 6.11. The molecule has 0 spiro atoms. The highest BCUT2D eigenvalue weighted by Crippen LogP contribution is 2.11. The average molecular weight is 272 g/mol. The predicted molar refractivity (Wildman–Crippen MR) is 66.8 cm³/mol. The van der Waals surface area contributed by atoms with Crippen LogP contribution in [0.4, 0.5) is 0 Å². The SMILES string of the molecule is CC(O)CCCNCc1cccc(Br)c1. The Balaban J connectivity index is 2.15. The van der Waals surface area contributed by atoms with E-state index in [9.17, 15) is 0 Å². The van der Waals surface area contributed by atoms with Gasteiger partial charge in [0.15, 0.2) is 0 Å². The Morgan fingerprint density at radius 1 is 1.47 bits per heavy atom. The smallest absolute Gasteiger partial charge is 0.0512 e. The first-order valence-electron chi connectivity index (χ1n) is 5.31. The highest BCUT2D eigenvalue weighted by Gasteiger charge is 1.96. The van der Waals surface area contributed by atoms with E-state index in [0.717, 1.165) is 30.4 Å². The van der Waals surface area contributed by atoms with Crippen LogP contribution in [0.1, 0.15) is 25.3 Å². The molecule has 15 heavy (non-hydrogen) atoms. The van der Waals surface area contributed by atoms with Crippen molar-refractivity contribution in [3.05, 3.63) is 34.3 Å². The van der Waals surface area contributed by atoms with Crippen molar-refractivity contribution < 1.29 is 5.11 Å². The van der Waals surface area contributed by atoms with E-state index in [1.165, 1.54) is 5.56 Å². The average Bonchev–Trinajstić information content (AvgIpc) is 2.17. The number of rotatable bonds is 6. The van der Waals surface area contributed by atoms with Crippen LogP contribution in [0, 0.1) is 0 Å². The second-order valence-corrected chi connectivity index (χ2v) is 4.71. The van der Waals surface area contributed by atoms with Crippen LogP contribution < -0.4 is 5.32 Å². The van der Waals surface area contributed by atoms with Crippen LogP contribution >= 0.6 is 15.9 Å². The lowest BCUT2D eigenvalue weighted by atomic mass is 10.2. The number of hydrogen-bond donors (Lipinski definition) is 2. The number of benzene rings is 1. The lowest BCUT2D eigenvalue weighted by Gasteiger charge is -2.06. The second-order valence-electron chi connectivity index (χ2n) is 3.80. The number of hydrogen-bond acceptors (Lipinski definition) is 2. The van der Waals surface area contributed by atoms with Gasteiger partial charge in [-0.05, 0) is 44.0 Å². The van der Waals surface area contributed by atoms with Crippen LogP contribution in [-0.4, -0.2) is 17.8 Å². The molecule has 3 heteroatoms. The molecule has 84 valence electrons. The van der Waals surface area contributed by atoms with Gasteiger partial charge in [0, 0.05) is 11.0 Å². The number of halogens is 1. The molecule has 1 aromatic rings. The molecule has 0 radical (unpaired) electrons. The summed E-state index contributed by atoms with van der Waals surface area (Å²) in [6, 6.07) is 8.28. The zero-order valence-electron chi connectivity index (χ0n) is 9.04. The molecular weight excluding hydrogens is 254 g/mol. The molecule has 1 unspecified atom stereocenters. The van der Waals surface area contributed by atoms with E-state index in [1.54, 1.807) is 0 Å². The van der Waals surface area contributed by atoms with E-state index >= 15 is 0 Å². The van der Waals surface area contributed by atoms with Crippen LogP contribution in [0.2, 0.25) is 0 Å². The first-order chi connectivity index (χ1) is 7.18. The molecule has 2 nitrogen and oxygen atoms in total. The molecule has 1 atom stereocenters. The van der Waals surface area contributed by atoms with Gasteiger partial charge < -0.3 is 10.4 Å². The van der Waals surface area contributed by atoms with Crippen molar-refractivity contribution in [1.29, 1.82) is 0 Å². The summed E-state index contributed by atoms with van der Waals surface area (Å²) in [5, 5.41) is 12.4. The molecule has 0 saturated carbocycles. The van der Waals surface area contributed by atoms with E-state index in [4.69, 9.17) is 5.11 Å². The molecule has 0 heterocycles. The zero-order valence-corrected chi connectivity index (χ0v) is 10.6. The molecule has 0 saturated heterocycles. The minimum atomic E-state index is -0.183. The Labute approximate surface area is 99.8 Å². The van der Waals surface area contributed by atoms with Crippen molar-refractivity contribution in [1.82, 2.24) is 5.32 Å². The molecular formula is C12H18BrNO. The highest BCUT2D eigenvalue weighted by molar-refractivity contribution is 9.10. The number of aliphatic hydroxyl groups is 1. The van der Waals surface area contributed by atoms with E-state index < -0.39 is 0 Å². The maximum atomic E-state index is 9.07. The van der Waals surface area contributed by atoms with E-state index in [2.05, 4.69) is 33.4 Å². The Hall–Kier alpha value is -0.380. The summed E-state index contributed by atoms with van der Waals surface area (Å²) in [5.41, 5.74) is 1.28. The monoisotopic (exact) mass is 271 g/mol. The Morgan fingerprint density at radius 2 is 2.27 bits per heavy atom. The normalized spacial score (nSPS) is 12.7. The Morgan fingerprint density at radius 3 is 2.93 bits per heavy atom. The van der Waals surface area contributed by atoms with Crippen LogP contribution in [-0.2, 0) is 6.54 Å². The molecule has 0 amide bonds. The van der Waals surface area contributed by atoms with Gasteiger partial charge in [-0.1, -0.05) is 28.1 Å².